The molecule has 0 aliphatic rings. The molecule has 0 unspecified atom stereocenters. The topological polar surface area (TPSA) is 143 Å². The van der Waals surface area contributed by atoms with Gasteiger partial charge in [-0.05, 0) is 85.0 Å². The van der Waals surface area contributed by atoms with E-state index in [2.05, 4.69) is 6.07 Å². The van der Waals surface area contributed by atoms with Crippen LogP contribution in [0.1, 0.15) is 47.3 Å². The molecule has 0 aliphatic heterocycles. The molecule has 8 nitrogen and oxygen atoms in total. The summed E-state index contributed by atoms with van der Waals surface area (Å²) in [5.74, 6) is -0.895. The number of phenols is 2. The SMILES string of the molecule is CC(C)n1c(C#N)cc2c(-c3ccc(C(=O)O)c(O)c3)cccc21.Cc1ccc(-c2cccc3oc(C#N)cc23)cc1O. The van der Waals surface area contributed by atoms with Crippen LogP contribution in [0, 0.1) is 29.6 Å². The third-order valence-electron chi connectivity index (χ3n) is 7.25. The molecule has 6 rings (SSSR count). The number of hydrogen-bond donors (Lipinski definition) is 3. The van der Waals surface area contributed by atoms with Crippen LogP contribution in [0.15, 0.2) is 89.3 Å². The van der Waals surface area contributed by atoms with Crippen LogP contribution in [-0.2, 0) is 0 Å². The minimum Gasteiger partial charge on any atom is -0.508 e. The summed E-state index contributed by atoms with van der Waals surface area (Å²) < 4.78 is 7.37. The van der Waals surface area contributed by atoms with E-state index in [0.29, 0.717) is 22.6 Å². The first kappa shape index (κ1) is 28.5. The zero-order chi connectivity index (χ0) is 30.8. The molecule has 0 bridgehead atoms. The second-order valence-corrected chi connectivity index (χ2v) is 10.3. The maximum absolute atomic E-state index is 11.0. The van der Waals surface area contributed by atoms with Crippen LogP contribution < -0.4 is 0 Å². The summed E-state index contributed by atoms with van der Waals surface area (Å²) in [7, 11) is 0. The van der Waals surface area contributed by atoms with Gasteiger partial charge in [0.15, 0.2) is 0 Å². The summed E-state index contributed by atoms with van der Waals surface area (Å²) in [4.78, 5) is 11.0. The summed E-state index contributed by atoms with van der Waals surface area (Å²) in [6, 6.07) is 29.3. The number of carboxylic acids is 1. The number of phenolic OH excluding ortho intramolecular Hbond substituents is 1. The van der Waals surface area contributed by atoms with E-state index in [4.69, 9.17) is 14.8 Å². The summed E-state index contributed by atoms with van der Waals surface area (Å²) in [6.45, 7) is 5.88. The van der Waals surface area contributed by atoms with Gasteiger partial charge >= 0.3 is 5.97 Å². The Kier molecular flexibility index (Phi) is 7.62. The number of carboxylic acid groups (broad SMARTS) is 1. The molecule has 212 valence electrons. The van der Waals surface area contributed by atoms with Gasteiger partial charge < -0.3 is 24.3 Å². The summed E-state index contributed by atoms with van der Waals surface area (Å²) >= 11 is 0. The van der Waals surface area contributed by atoms with E-state index in [1.54, 1.807) is 18.2 Å². The summed E-state index contributed by atoms with van der Waals surface area (Å²) in [5, 5.41) is 48.9. The molecule has 8 heteroatoms. The second kappa shape index (κ2) is 11.5. The van der Waals surface area contributed by atoms with Crippen molar-refractivity contribution in [2.24, 2.45) is 0 Å². The molecule has 43 heavy (non-hydrogen) atoms. The average Bonchev–Trinajstić information content (AvgIpc) is 3.60. The van der Waals surface area contributed by atoms with Crippen LogP contribution in [0.25, 0.3) is 44.1 Å². The zero-order valence-corrected chi connectivity index (χ0v) is 23.7. The van der Waals surface area contributed by atoms with Crippen LogP contribution in [0.3, 0.4) is 0 Å². The van der Waals surface area contributed by atoms with Crippen molar-refractivity contribution in [3.63, 3.8) is 0 Å². The largest absolute Gasteiger partial charge is 0.508 e. The molecule has 0 atom stereocenters. The summed E-state index contributed by atoms with van der Waals surface area (Å²) in [5.41, 5.74) is 6.26. The molecule has 4 aromatic carbocycles. The van der Waals surface area contributed by atoms with Crippen molar-refractivity contribution in [2.45, 2.75) is 26.8 Å². The fourth-order valence-corrected chi connectivity index (χ4v) is 5.17. The van der Waals surface area contributed by atoms with Crippen molar-refractivity contribution >= 4 is 27.8 Å². The predicted octanol–water partition coefficient (Wildman–Crippen LogP) is 8.15. The lowest BCUT2D eigenvalue weighted by Gasteiger charge is -2.12. The molecule has 3 N–H and O–H groups in total. The highest BCUT2D eigenvalue weighted by molar-refractivity contribution is 5.98. The van der Waals surface area contributed by atoms with Gasteiger partial charge in [-0.3, -0.25) is 0 Å². The van der Waals surface area contributed by atoms with Gasteiger partial charge in [-0.1, -0.05) is 42.5 Å². The van der Waals surface area contributed by atoms with Crippen LogP contribution in [0.2, 0.25) is 0 Å². The lowest BCUT2D eigenvalue weighted by Crippen LogP contribution is -2.02. The van der Waals surface area contributed by atoms with Gasteiger partial charge in [-0.2, -0.15) is 10.5 Å². The van der Waals surface area contributed by atoms with Gasteiger partial charge in [0.25, 0.3) is 0 Å². The maximum Gasteiger partial charge on any atom is 0.339 e. The Labute approximate surface area is 247 Å². The third-order valence-corrected chi connectivity index (χ3v) is 7.25. The van der Waals surface area contributed by atoms with Crippen LogP contribution in [-0.4, -0.2) is 25.9 Å². The highest BCUT2D eigenvalue weighted by atomic mass is 16.4. The number of fused-ring (bicyclic) bond motifs is 2. The van der Waals surface area contributed by atoms with E-state index in [1.807, 2.05) is 86.0 Å². The van der Waals surface area contributed by atoms with E-state index >= 15 is 0 Å². The Hall–Kier alpha value is -5.99. The second-order valence-electron chi connectivity index (χ2n) is 10.3. The molecule has 0 saturated carbocycles. The number of rotatable bonds is 4. The number of hydrogen-bond acceptors (Lipinski definition) is 6. The monoisotopic (exact) mass is 569 g/mol. The lowest BCUT2D eigenvalue weighted by atomic mass is 9.99. The number of furan rings is 1. The normalized spacial score (nSPS) is 10.7. The van der Waals surface area contributed by atoms with Gasteiger partial charge in [0, 0.05) is 28.4 Å². The van der Waals surface area contributed by atoms with Gasteiger partial charge in [-0.15, -0.1) is 0 Å². The smallest absolute Gasteiger partial charge is 0.339 e. The fraction of sp³-hybridized carbons (Fsp3) is 0.114. The van der Waals surface area contributed by atoms with E-state index in [-0.39, 0.29) is 23.1 Å². The lowest BCUT2D eigenvalue weighted by molar-refractivity contribution is 0.0693. The first-order chi connectivity index (χ1) is 20.6. The molecule has 0 fully saturated rings. The number of carbonyl (C=O) groups is 1. The molecule has 0 radical (unpaired) electrons. The number of aromatic hydroxyl groups is 2. The molecule has 2 heterocycles. The highest BCUT2D eigenvalue weighted by Gasteiger charge is 2.16. The van der Waals surface area contributed by atoms with Crippen molar-refractivity contribution in [1.82, 2.24) is 4.57 Å². The van der Waals surface area contributed by atoms with Crippen LogP contribution >= 0.6 is 0 Å². The third kappa shape index (κ3) is 5.38. The minimum absolute atomic E-state index is 0.134. The van der Waals surface area contributed by atoms with Gasteiger partial charge in [0.2, 0.25) is 5.76 Å². The molecular formula is C35H27N3O5. The minimum atomic E-state index is -1.17. The number of aromatic nitrogens is 1. The quantitative estimate of drug-likeness (QED) is 0.194. The highest BCUT2D eigenvalue weighted by Crippen LogP contribution is 2.35. The van der Waals surface area contributed by atoms with E-state index < -0.39 is 5.97 Å². The standard InChI is InChI=1S/C19H16N2O3.C16H11NO2/c1-11(2)21-13(10-20)9-16-14(4-3-5-17(16)21)12-6-7-15(19(23)24)18(22)8-12;1-10-5-6-11(7-15(10)18)13-3-2-4-16-14(13)8-12(9-17)19-16/h3-9,11,22H,1-2H3,(H,23,24);2-8,18H,1H3. The van der Waals surface area contributed by atoms with Crippen molar-refractivity contribution < 1.29 is 24.5 Å². The fourth-order valence-electron chi connectivity index (χ4n) is 5.17. The number of aryl methyl sites for hydroxylation is 1. The average molecular weight is 570 g/mol. The molecule has 0 saturated heterocycles. The number of benzene rings is 4. The van der Waals surface area contributed by atoms with Gasteiger partial charge in [0.05, 0.1) is 0 Å². The Bertz CT molecular complexity index is 2100. The van der Waals surface area contributed by atoms with Crippen LogP contribution in [0.4, 0.5) is 0 Å². The zero-order valence-electron chi connectivity index (χ0n) is 23.7. The summed E-state index contributed by atoms with van der Waals surface area (Å²) in [6.07, 6.45) is 0. The molecule has 0 spiro atoms. The Morgan fingerprint density at radius 3 is 2.07 bits per heavy atom. The predicted molar refractivity (Wildman–Crippen MR) is 164 cm³/mol. The number of nitrogens with zero attached hydrogens (tertiary/aromatic N) is 3. The van der Waals surface area contributed by atoms with Crippen molar-refractivity contribution in [2.75, 3.05) is 0 Å². The van der Waals surface area contributed by atoms with Crippen molar-refractivity contribution in [1.29, 1.82) is 10.5 Å². The maximum atomic E-state index is 11.0. The number of nitriles is 2. The number of aromatic carboxylic acids is 1. The Balaban J connectivity index is 0.000000176. The van der Waals surface area contributed by atoms with E-state index in [1.165, 1.54) is 12.1 Å². The van der Waals surface area contributed by atoms with Crippen LogP contribution in [0.5, 0.6) is 11.5 Å². The van der Waals surface area contributed by atoms with Crippen molar-refractivity contribution in [3.8, 4) is 45.9 Å². The van der Waals surface area contributed by atoms with Gasteiger partial charge in [0.1, 0.15) is 40.5 Å². The molecular weight excluding hydrogens is 542 g/mol. The molecule has 0 aliphatic carbocycles. The van der Waals surface area contributed by atoms with E-state index in [9.17, 15) is 20.3 Å². The van der Waals surface area contributed by atoms with Crippen molar-refractivity contribution in [3.05, 3.63) is 108 Å². The Morgan fingerprint density at radius 1 is 0.814 bits per heavy atom. The first-order valence-electron chi connectivity index (χ1n) is 13.5. The van der Waals surface area contributed by atoms with E-state index in [0.717, 1.165) is 38.5 Å². The molecule has 6 aromatic rings. The molecule has 2 aromatic heterocycles. The van der Waals surface area contributed by atoms with Gasteiger partial charge in [-0.25, -0.2) is 4.79 Å². The first-order valence-corrected chi connectivity index (χ1v) is 13.5. The Morgan fingerprint density at radius 2 is 1.47 bits per heavy atom. The molecule has 0 amide bonds.